The highest BCUT2D eigenvalue weighted by Gasteiger charge is 2.26. The third-order valence-corrected chi connectivity index (χ3v) is 6.20. The van der Waals surface area contributed by atoms with Crippen LogP contribution < -0.4 is 10.1 Å². The van der Waals surface area contributed by atoms with E-state index in [4.69, 9.17) is 27.9 Å². The van der Waals surface area contributed by atoms with Crippen LogP contribution in [0.15, 0.2) is 42.5 Å². The Kier molecular flexibility index (Phi) is 7.82. The van der Waals surface area contributed by atoms with Crippen LogP contribution in [0.5, 0.6) is 5.75 Å². The van der Waals surface area contributed by atoms with E-state index in [1.54, 1.807) is 13.2 Å². The maximum atomic E-state index is 12.8. The lowest BCUT2D eigenvalue weighted by molar-refractivity contribution is -0.127. The van der Waals surface area contributed by atoms with Crippen molar-refractivity contribution >= 4 is 29.1 Å². The third kappa shape index (κ3) is 5.88. The van der Waals surface area contributed by atoms with Crippen LogP contribution in [0.4, 0.5) is 0 Å². The number of rotatable bonds is 7. The van der Waals surface area contributed by atoms with Crippen LogP contribution in [0.3, 0.4) is 0 Å². The van der Waals surface area contributed by atoms with E-state index in [1.807, 2.05) is 36.4 Å². The Bertz CT molecular complexity index is 818. The van der Waals surface area contributed by atoms with Crippen LogP contribution >= 0.6 is 23.2 Å². The molecular weight excluding hydrogens is 407 g/mol. The number of carbonyl (C=O) groups is 1. The Hall–Kier alpha value is -1.75. The van der Waals surface area contributed by atoms with Crippen molar-refractivity contribution in [3.05, 3.63) is 63.6 Å². The van der Waals surface area contributed by atoms with Crippen LogP contribution in [-0.4, -0.2) is 31.0 Å². The molecule has 0 bridgehead atoms. The molecule has 3 rings (SSSR count). The van der Waals surface area contributed by atoms with Crippen molar-refractivity contribution in [2.75, 3.05) is 20.2 Å². The molecule has 0 spiro atoms. The van der Waals surface area contributed by atoms with Gasteiger partial charge in [-0.2, -0.15) is 0 Å². The predicted molar refractivity (Wildman–Crippen MR) is 119 cm³/mol. The highest BCUT2D eigenvalue weighted by molar-refractivity contribution is 6.35. The Balaban J connectivity index is 1.52. The number of halogens is 2. The zero-order valence-electron chi connectivity index (χ0n) is 17.0. The molecule has 1 saturated heterocycles. The second kappa shape index (κ2) is 10.3. The summed E-state index contributed by atoms with van der Waals surface area (Å²) in [6.07, 6.45) is 2.57. The molecule has 1 heterocycles. The first kappa shape index (κ1) is 21.9. The van der Waals surface area contributed by atoms with Gasteiger partial charge in [-0.3, -0.25) is 9.69 Å². The van der Waals surface area contributed by atoms with Gasteiger partial charge in [0.05, 0.1) is 13.2 Å². The molecule has 0 saturated carbocycles. The van der Waals surface area contributed by atoms with Crippen molar-refractivity contribution in [3.8, 4) is 5.75 Å². The van der Waals surface area contributed by atoms with Crippen LogP contribution in [0.25, 0.3) is 0 Å². The van der Waals surface area contributed by atoms with Crippen LogP contribution in [-0.2, 0) is 11.3 Å². The lowest BCUT2D eigenvalue weighted by Gasteiger charge is -2.32. The molecule has 1 fully saturated rings. The highest BCUT2D eigenvalue weighted by atomic mass is 35.5. The van der Waals surface area contributed by atoms with Gasteiger partial charge in [-0.1, -0.05) is 48.3 Å². The maximum Gasteiger partial charge on any atom is 0.223 e. The van der Waals surface area contributed by atoms with Gasteiger partial charge in [0, 0.05) is 22.5 Å². The second-order valence-corrected chi connectivity index (χ2v) is 8.37. The van der Waals surface area contributed by atoms with Crippen molar-refractivity contribution in [1.82, 2.24) is 10.2 Å². The molecule has 2 aromatic rings. The average Bonchev–Trinajstić information content (AvgIpc) is 2.74. The van der Waals surface area contributed by atoms with Crippen LogP contribution in [0.1, 0.15) is 43.4 Å². The van der Waals surface area contributed by atoms with Crippen molar-refractivity contribution in [3.63, 3.8) is 0 Å². The fourth-order valence-corrected chi connectivity index (χ4v) is 4.26. The second-order valence-electron chi connectivity index (χ2n) is 7.53. The number of ether oxygens (including phenoxy) is 1. The van der Waals surface area contributed by atoms with Gasteiger partial charge >= 0.3 is 0 Å². The zero-order valence-corrected chi connectivity index (χ0v) is 18.5. The van der Waals surface area contributed by atoms with Crippen LogP contribution in [0, 0.1) is 5.92 Å². The number of hydrogen-bond acceptors (Lipinski definition) is 3. The van der Waals surface area contributed by atoms with Crippen molar-refractivity contribution in [1.29, 1.82) is 0 Å². The van der Waals surface area contributed by atoms with E-state index in [0.29, 0.717) is 10.0 Å². The summed E-state index contributed by atoms with van der Waals surface area (Å²) >= 11 is 12.3. The molecule has 1 amide bonds. The van der Waals surface area contributed by atoms with Gasteiger partial charge in [0.2, 0.25) is 5.91 Å². The molecule has 1 aliphatic rings. The number of carbonyl (C=O) groups excluding carboxylic acids is 1. The molecule has 6 heteroatoms. The van der Waals surface area contributed by atoms with Crippen molar-refractivity contribution < 1.29 is 9.53 Å². The summed E-state index contributed by atoms with van der Waals surface area (Å²) in [5.41, 5.74) is 2.18. The molecule has 1 aliphatic heterocycles. The van der Waals surface area contributed by atoms with E-state index >= 15 is 0 Å². The Morgan fingerprint density at radius 1 is 1.17 bits per heavy atom. The molecule has 0 aromatic heterocycles. The first-order chi connectivity index (χ1) is 14.0. The molecular formula is C23H28Cl2N2O2. The minimum atomic E-state index is 0.0271. The Morgan fingerprint density at radius 2 is 1.86 bits per heavy atom. The van der Waals surface area contributed by atoms with E-state index < -0.39 is 0 Å². The van der Waals surface area contributed by atoms with Crippen LogP contribution in [0.2, 0.25) is 10.0 Å². The fourth-order valence-electron chi connectivity index (χ4n) is 3.79. The van der Waals surface area contributed by atoms with Gasteiger partial charge in [0.1, 0.15) is 5.75 Å². The fraction of sp³-hybridized carbons (Fsp3) is 0.435. The number of methoxy groups -OCH3 is 1. The van der Waals surface area contributed by atoms with Gasteiger partial charge in [0.15, 0.2) is 0 Å². The molecule has 1 atom stereocenters. The van der Waals surface area contributed by atoms with Gasteiger partial charge < -0.3 is 10.1 Å². The number of likely N-dealkylation sites (tertiary alicyclic amines) is 1. The van der Waals surface area contributed by atoms with E-state index in [9.17, 15) is 4.79 Å². The lowest BCUT2D eigenvalue weighted by atomic mass is 9.94. The van der Waals surface area contributed by atoms with E-state index in [-0.39, 0.29) is 17.9 Å². The number of nitrogens with one attached hydrogen (secondary N) is 1. The molecule has 156 valence electrons. The normalized spacial score (nSPS) is 16.4. The number of benzene rings is 2. The number of hydrogen-bond donors (Lipinski definition) is 1. The van der Waals surface area contributed by atoms with Gasteiger partial charge in [-0.15, -0.1) is 0 Å². The Labute approximate surface area is 183 Å². The lowest BCUT2D eigenvalue weighted by Crippen LogP contribution is -2.41. The first-order valence-corrected chi connectivity index (χ1v) is 10.9. The summed E-state index contributed by atoms with van der Waals surface area (Å²) in [6.45, 7) is 4.65. The Morgan fingerprint density at radius 3 is 2.45 bits per heavy atom. The molecule has 2 aromatic carbocycles. The quantitative estimate of drug-likeness (QED) is 0.626. The number of amides is 1. The summed E-state index contributed by atoms with van der Waals surface area (Å²) in [5, 5.41) is 4.58. The topological polar surface area (TPSA) is 41.6 Å². The summed E-state index contributed by atoms with van der Waals surface area (Å²) in [7, 11) is 1.65. The standard InChI is InChI=1S/C23H28Cl2N2O2/c1-3-22(16-5-8-20(29-2)9-6-16)26-23(28)17-10-12-27(13-11-17)15-18-4-7-19(24)14-21(18)25/h4-9,14,17,22H,3,10-13,15H2,1-2H3,(H,26,28)/t22-/m1/s1. The number of nitrogens with zero attached hydrogens (tertiary/aromatic N) is 1. The summed E-state index contributed by atoms with van der Waals surface area (Å²) < 4.78 is 5.22. The summed E-state index contributed by atoms with van der Waals surface area (Å²) in [6, 6.07) is 13.6. The zero-order chi connectivity index (χ0) is 20.8. The van der Waals surface area contributed by atoms with Gasteiger partial charge in [-0.25, -0.2) is 0 Å². The minimum absolute atomic E-state index is 0.0271. The van der Waals surface area contributed by atoms with E-state index in [2.05, 4.69) is 17.1 Å². The monoisotopic (exact) mass is 434 g/mol. The van der Waals surface area contributed by atoms with E-state index in [1.165, 1.54) is 0 Å². The molecule has 4 nitrogen and oxygen atoms in total. The van der Waals surface area contributed by atoms with Gasteiger partial charge in [0.25, 0.3) is 0 Å². The molecule has 0 aliphatic carbocycles. The largest absolute Gasteiger partial charge is 0.497 e. The minimum Gasteiger partial charge on any atom is -0.497 e. The summed E-state index contributed by atoms with van der Waals surface area (Å²) in [4.78, 5) is 15.2. The smallest absolute Gasteiger partial charge is 0.223 e. The SMILES string of the molecule is CC[C@@H](NC(=O)C1CCN(Cc2ccc(Cl)cc2Cl)CC1)c1ccc(OC)cc1. The predicted octanol–water partition coefficient (Wildman–Crippen LogP) is 5.48. The van der Waals surface area contributed by atoms with Crippen molar-refractivity contribution in [2.45, 2.75) is 38.8 Å². The van der Waals surface area contributed by atoms with Crippen molar-refractivity contribution in [2.24, 2.45) is 5.92 Å². The highest BCUT2D eigenvalue weighted by Crippen LogP contribution is 2.26. The summed E-state index contributed by atoms with van der Waals surface area (Å²) in [5.74, 6) is 1.03. The third-order valence-electron chi connectivity index (χ3n) is 5.61. The van der Waals surface area contributed by atoms with Gasteiger partial charge in [-0.05, 0) is 67.7 Å². The number of piperidine rings is 1. The van der Waals surface area contributed by atoms with E-state index in [0.717, 1.165) is 55.8 Å². The molecule has 29 heavy (non-hydrogen) atoms. The maximum absolute atomic E-state index is 12.8. The molecule has 1 N–H and O–H groups in total. The molecule has 0 radical (unpaired) electrons. The average molecular weight is 435 g/mol. The first-order valence-electron chi connectivity index (χ1n) is 10.1. The molecule has 0 unspecified atom stereocenters.